The number of rotatable bonds is 3. The predicted molar refractivity (Wildman–Crippen MR) is 65.1 cm³/mol. The zero-order valence-corrected chi connectivity index (χ0v) is 11.0. The molecule has 5 nitrogen and oxygen atoms in total. The highest BCUT2D eigenvalue weighted by molar-refractivity contribution is 5.88. The molecule has 1 heterocycles. The Labute approximate surface area is 117 Å². The van der Waals surface area contributed by atoms with Crippen molar-refractivity contribution in [3.8, 4) is 5.75 Å². The van der Waals surface area contributed by atoms with Gasteiger partial charge in [-0.15, -0.1) is 0 Å². The third-order valence-corrected chi connectivity index (χ3v) is 3.18. The van der Waals surface area contributed by atoms with E-state index in [9.17, 15) is 22.8 Å². The maximum Gasteiger partial charge on any atom is 0.419 e. The van der Waals surface area contributed by atoms with E-state index in [1.807, 2.05) is 0 Å². The van der Waals surface area contributed by atoms with Gasteiger partial charge in [-0.2, -0.15) is 13.2 Å². The van der Waals surface area contributed by atoms with Crippen molar-refractivity contribution < 1.29 is 32.6 Å². The summed E-state index contributed by atoms with van der Waals surface area (Å²) in [6, 6.07) is 2.44. The number of amides is 1. The smallest absolute Gasteiger partial charge is 0.419 e. The van der Waals surface area contributed by atoms with Crippen LogP contribution in [0.25, 0.3) is 0 Å². The average molecular weight is 303 g/mol. The lowest BCUT2D eigenvalue weighted by molar-refractivity contribution is -0.141. The number of likely N-dealkylation sites (N-methyl/N-ethyl adjacent to an activating group) is 1. The molecule has 21 heavy (non-hydrogen) atoms. The standard InChI is InChI=1S/C13H12F3NO4/c1-17-5-4-10(11(17)18)21-9-3-2-7(12(19)20)6-8(9)13(14,15)16/h2-3,6,10H,4-5H2,1H3,(H,19,20). The molecule has 0 aromatic heterocycles. The van der Waals surface area contributed by atoms with Gasteiger partial charge in [-0.3, -0.25) is 4.79 Å². The largest absolute Gasteiger partial charge is 0.480 e. The number of carbonyl (C=O) groups is 2. The van der Waals surface area contributed by atoms with Gasteiger partial charge in [0.25, 0.3) is 5.91 Å². The Morgan fingerprint density at radius 2 is 2.10 bits per heavy atom. The molecule has 1 N–H and O–H groups in total. The lowest BCUT2D eigenvalue weighted by Gasteiger charge is -2.18. The van der Waals surface area contributed by atoms with Crippen LogP contribution in [0.5, 0.6) is 5.75 Å². The van der Waals surface area contributed by atoms with Crippen LogP contribution in [0.4, 0.5) is 13.2 Å². The summed E-state index contributed by atoms with van der Waals surface area (Å²) in [7, 11) is 1.53. The van der Waals surface area contributed by atoms with Gasteiger partial charge in [0, 0.05) is 20.0 Å². The molecule has 2 rings (SSSR count). The van der Waals surface area contributed by atoms with Crippen molar-refractivity contribution in [3.05, 3.63) is 29.3 Å². The number of carboxylic acids is 1. The lowest BCUT2D eigenvalue weighted by atomic mass is 10.1. The van der Waals surface area contributed by atoms with Gasteiger partial charge < -0.3 is 14.7 Å². The van der Waals surface area contributed by atoms with Crippen molar-refractivity contribution >= 4 is 11.9 Å². The Kier molecular flexibility index (Phi) is 3.80. The molecule has 0 spiro atoms. The maximum atomic E-state index is 13.0. The lowest BCUT2D eigenvalue weighted by Crippen LogP contribution is -2.30. The monoisotopic (exact) mass is 303 g/mol. The molecule has 1 saturated heterocycles. The molecule has 0 aliphatic carbocycles. The molecule has 0 radical (unpaired) electrons. The van der Waals surface area contributed by atoms with Gasteiger partial charge in [0.2, 0.25) is 0 Å². The van der Waals surface area contributed by atoms with Crippen LogP contribution in [0.3, 0.4) is 0 Å². The molecular formula is C13H12F3NO4. The molecule has 1 atom stereocenters. The van der Waals surface area contributed by atoms with Gasteiger partial charge in [0.1, 0.15) is 5.75 Å². The molecule has 1 amide bonds. The van der Waals surface area contributed by atoms with Crippen LogP contribution in [-0.4, -0.2) is 41.6 Å². The molecular weight excluding hydrogens is 291 g/mol. The van der Waals surface area contributed by atoms with E-state index in [0.717, 1.165) is 12.1 Å². The zero-order chi connectivity index (χ0) is 15.8. The van der Waals surface area contributed by atoms with E-state index < -0.39 is 41.0 Å². The van der Waals surface area contributed by atoms with Gasteiger partial charge >= 0.3 is 12.1 Å². The molecule has 1 aliphatic heterocycles. The van der Waals surface area contributed by atoms with Crippen molar-refractivity contribution in [1.82, 2.24) is 4.90 Å². The minimum Gasteiger partial charge on any atom is -0.480 e. The zero-order valence-electron chi connectivity index (χ0n) is 11.0. The Morgan fingerprint density at radius 1 is 1.43 bits per heavy atom. The molecule has 0 saturated carbocycles. The fourth-order valence-corrected chi connectivity index (χ4v) is 2.04. The van der Waals surface area contributed by atoms with E-state index in [2.05, 4.69) is 0 Å². The second kappa shape index (κ2) is 5.27. The van der Waals surface area contributed by atoms with Crippen molar-refractivity contribution in [2.75, 3.05) is 13.6 Å². The molecule has 1 aliphatic rings. The predicted octanol–water partition coefficient (Wildman–Crippen LogP) is 2.01. The van der Waals surface area contributed by atoms with Crippen LogP contribution in [0.15, 0.2) is 18.2 Å². The first kappa shape index (κ1) is 15.1. The van der Waals surface area contributed by atoms with Crippen molar-refractivity contribution in [1.29, 1.82) is 0 Å². The number of alkyl halides is 3. The van der Waals surface area contributed by atoms with E-state index in [1.54, 1.807) is 0 Å². The molecule has 1 fully saturated rings. The maximum absolute atomic E-state index is 13.0. The number of hydrogen-bond donors (Lipinski definition) is 1. The molecule has 1 aromatic rings. The molecule has 0 bridgehead atoms. The van der Waals surface area contributed by atoms with Crippen LogP contribution in [0.1, 0.15) is 22.3 Å². The number of nitrogens with zero attached hydrogens (tertiary/aromatic N) is 1. The van der Waals surface area contributed by atoms with Gasteiger partial charge in [-0.05, 0) is 18.2 Å². The quantitative estimate of drug-likeness (QED) is 0.927. The first-order chi connectivity index (χ1) is 9.70. The highest BCUT2D eigenvalue weighted by Crippen LogP contribution is 2.37. The van der Waals surface area contributed by atoms with E-state index in [0.29, 0.717) is 12.6 Å². The van der Waals surface area contributed by atoms with E-state index >= 15 is 0 Å². The molecule has 1 aromatic carbocycles. The Morgan fingerprint density at radius 3 is 2.57 bits per heavy atom. The van der Waals surface area contributed by atoms with Crippen LogP contribution in [-0.2, 0) is 11.0 Å². The summed E-state index contributed by atoms with van der Waals surface area (Å²) in [5, 5.41) is 8.76. The number of hydrogen-bond acceptors (Lipinski definition) is 3. The number of carbonyl (C=O) groups excluding carboxylic acids is 1. The van der Waals surface area contributed by atoms with Crippen LogP contribution in [0.2, 0.25) is 0 Å². The number of ether oxygens (including phenoxy) is 1. The van der Waals surface area contributed by atoms with Crippen LogP contribution < -0.4 is 4.74 Å². The van der Waals surface area contributed by atoms with Gasteiger partial charge in [0.05, 0.1) is 11.1 Å². The Bertz CT molecular complexity index is 585. The number of benzene rings is 1. The van der Waals surface area contributed by atoms with Crippen molar-refractivity contribution in [2.45, 2.75) is 18.7 Å². The first-order valence-corrected chi connectivity index (χ1v) is 6.06. The Hall–Kier alpha value is -2.25. The number of carboxylic acid groups (broad SMARTS) is 1. The SMILES string of the molecule is CN1CCC(Oc2ccc(C(=O)O)cc2C(F)(F)F)C1=O. The average Bonchev–Trinajstić information content (AvgIpc) is 2.69. The molecule has 114 valence electrons. The summed E-state index contributed by atoms with van der Waals surface area (Å²) >= 11 is 0. The summed E-state index contributed by atoms with van der Waals surface area (Å²) in [6.07, 6.45) is -5.46. The van der Waals surface area contributed by atoms with Crippen LogP contribution in [0, 0.1) is 0 Å². The molecule has 8 heteroatoms. The second-order valence-corrected chi connectivity index (χ2v) is 4.67. The van der Waals surface area contributed by atoms with Gasteiger partial charge in [-0.25, -0.2) is 4.79 Å². The summed E-state index contributed by atoms with van der Waals surface area (Å²) in [5.41, 5.74) is -1.70. The minimum absolute atomic E-state index is 0.285. The fraction of sp³-hybridized carbons (Fsp3) is 0.385. The summed E-state index contributed by atoms with van der Waals surface area (Å²) in [5.74, 6) is -2.41. The van der Waals surface area contributed by atoms with Gasteiger partial charge in [-0.1, -0.05) is 0 Å². The molecule has 1 unspecified atom stereocenters. The summed E-state index contributed by atoms with van der Waals surface area (Å²) in [6.45, 7) is 0.401. The summed E-state index contributed by atoms with van der Waals surface area (Å²) < 4.78 is 44.1. The third-order valence-electron chi connectivity index (χ3n) is 3.18. The summed E-state index contributed by atoms with van der Waals surface area (Å²) in [4.78, 5) is 23.8. The normalized spacial score (nSPS) is 19.0. The second-order valence-electron chi connectivity index (χ2n) is 4.67. The van der Waals surface area contributed by atoms with Crippen molar-refractivity contribution in [2.24, 2.45) is 0 Å². The van der Waals surface area contributed by atoms with Crippen molar-refractivity contribution in [3.63, 3.8) is 0 Å². The van der Waals surface area contributed by atoms with Crippen LogP contribution >= 0.6 is 0 Å². The highest BCUT2D eigenvalue weighted by atomic mass is 19.4. The highest BCUT2D eigenvalue weighted by Gasteiger charge is 2.38. The first-order valence-electron chi connectivity index (χ1n) is 6.06. The fourth-order valence-electron chi connectivity index (χ4n) is 2.04. The van der Waals surface area contributed by atoms with E-state index in [1.165, 1.54) is 11.9 Å². The number of halogens is 3. The van der Waals surface area contributed by atoms with Gasteiger partial charge in [0.15, 0.2) is 6.10 Å². The number of likely N-dealkylation sites (tertiary alicyclic amines) is 1. The Balaban J connectivity index is 2.35. The van der Waals surface area contributed by atoms with E-state index in [-0.39, 0.29) is 6.42 Å². The minimum atomic E-state index is -4.77. The third kappa shape index (κ3) is 3.09. The van der Waals surface area contributed by atoms with E-state index in [4.69, 9.17) is 9.84 Å². The number of aromatic carboxylic acids is 1. The topological polar surface area (TPSA) is 66.8 Å².